The zero-order valence-corrected chi connectivity index (χ0v) is 16.7. The minimum Gasteiger partial charge on any atom is -0.462 e. The van der Waals surface area contributed by atoms with Crippen molar-refractivity contribution < 1.29 is 9.53 Å². The van der Waals surface area contributed by atoms with Gasteiger partial charge in [-0.3, -0.25) is 0 Å². The highest BCUT2D eigenvalue weighted by Gasteiger charge is 2.04. The summed E-state index contributed by atoms with van der Waals surface area (Å²) in [5, 5.41) is 0. The van der Waals surface area contributed by atoms with Crippen LogP contribution in [0.4, 0.5) is 0 Å². The Kier molecular flexibility index (Phi) is 17.9. The second kappa shape index (κ2) is 18.5. The molecule has 0 unspecified atom stereocenters. The van der Waals surface area contributed by atoms with Gasteiger partial charge in [0.05, 0.1) is 6.61 Å². The highest BCUT2D eigenvalue weighted by atomic mass is 16.5. The molecule has 0 fully saturated rings. The average molecular weight is 339 g/mol. The van der Waals surface area contributed by atoms with Crippen molar-refractivity contribution in [1.29, 1.82) is 0 Å². The number of carbonyl (C=O) groups is 1. The molecule has 2 heteroatoms. The number of allylic oxidation sites excluding steroid dienone is 1. The number of unbranched alkanes of at least 4 members (excludes halogenated alkanes) is 13. The third kappa shape index (κ3) is 16.1. The van der Waals surface area contributed by atoms with E-state index in [2.05, 4.69) is 19.9 Å². The Morgan fingerprint density at radius 2 is 1.17 bits per heavy atom. The molecule has 0 saturated carbocycles. The van der Waals surface area contributed by atoms with Crippen LogP contribution in [0, 0.1) is 0 Å². The molecule has 0 rings (SSSR count). The molecule has 142 valence electrons. The number of rotatable bonds is 17. The molecule has 0 aliphatic rings. The van der Waals surface area contributed by atoms with Crippen molar-refractivity contribution in [2.45, 2.75) is 117 Å². The van der Waals surface area contributed by atoms with Crippen molar-refractivity contribution in [2.24, 2.45) is 0 Å². The Hall–Kier alpha value is -0.790. The molecular weight excluding hydrogens is 296 g/mol. The second-order valence-corrected chi connectivity index (χ2v) is 7.05. The molecule has 0 amide bonds. The molecule has 0 aromatic rings. The maximum absolute atomic E-state index is 11.9. The van der Waals surface area contributed by atoms with E-state index in [9.17, 15) is 4.79 Å². The predicted octanol–water partition coefficient (Wildman–Crippen LogP) is 7.37. The molecule has 0 heterocycles. The van der Waals surface area contributed by atoms with E-state index in [1.807, 2.05) is 6.92 Å². The van der Waals surface area contributed by atoms with E-state index in [0.717, 1.165) is 18.4 Å². The van der Waals surface area contributed by atoms with Gasteiger partial charge in [0.25, 0.3) is 0 Å². The number of hydrogen-bond acceptors (Lipinski definition) is 2. The maximum Gasteiger partial charge on any atom is 0.333 e. The Morgan fingerprint density at radius 1 is 0.708 bits per heavy atom. The summed E-state index contributed by atoms with van der Waals surface area (Å²) in [6.07, 6.45) is 21.0. The van der Waals surface area contributed by atoms with Crippen molar-refractivity contribution in [2.75, 3.05) is 6.61 Å². The van der Waals surface area contributed by atoms with E-state index in [4.69, 9.17) is 4.74 Å². The zero-order valence-electron chi connectivity index (χ0n) is 16.7. The number of ether oxygens (including phenoxy) is 1. The summed E-state index contributed by atoms with van der Waals surface area (Å²) in [5.41, 5.74) is 0.781. The van der Waals surface area contributed by atoms with Gasteiger partial charge in [-0.05, 0) is 26.2 Å². The summed E-state index contributed by atoms with van der Waals surface area (Å²) in [5.74, 6) is -0.121. The van der Waals surface area contributed by atoms with Crippen LogP contribution >= 0.6 is 0 Å². The quantitative estimate of drug-likeness (QED) is 0.157. The van der Waals surface area contributed by atoms with E-state index < -0.39 is 0 Å². The summed E-state index contributed by atoms with van der Waals surface area (Å²) >= 11 is 0. The monoisotopic (exact) mass is 338 g/mol. The molecule has 2 nitrogen and oxygen atoms in total. The Morgan fingerprint density at radius 3 is 1.71 bits per heavy atom. The first-order valence-corrected chi connectivity index (χ1v) is 10.6. The van der Waals surface area contributed by atoms with Crippen LogP contribution in [0.25, 0.3) is 0 Å². The third-order valence-corrected chi connectivity index (χ3v) is 4.56. The lowest BCUT2D eigenvalue weighted by molar-refractivity contribution is -0.139. The van der Waals surface area contributed by atoms with Gasteiger partial charge in [0.2, 0.25) is 0 Å². The molecule has 0 atom stereocenters. The third-order valence-electron chi connectivity index (χ3n) is 4.56. The molecule has 0 bridgehead atoms. The molecule has 0 spiro atoms. The highest BCUT2D eigenvalue weighted by molar-refractivity contribution is 5.87. The van der Waals surface area contributed by atoms with Gasteiger partial charge in [0.1, 0.15) is 0 Å². The lowest BCUT2D eigenvalue weighted by atomic mass is 10.1. The van der Waals surface area contributed by atoms with Gasteiger partial charge in [-0.2, -0.15) is 0 Å². The lowest BCUT2D eigenvalue weighted by Gasteiger charge is -2.05. The minimum absolute atomic E-state index is 0.121. The van der Waals surface area contributed by atoms with Crippen molar-refractivity contribution >= 4 is 5.97 Å². The van der Waals surface area contributed by atoms with E-state index >= 15 is 0 Å². The first-order chi connectivity index (χ1) is 11.7. The van der Waals surface area contributed by atoms with Crippen LogP contribution in [-0.4, -0.2) is 12.6 Å². The topological polar surface area (TPSA) is 26.3 Å². The van der Waals surface area contributed by atoms with Crippen molar-refractivity contribution in [3.05, 3.63) is 11.6 Å². The van der Waals surface area contributed by atoms with E-state index in [1.54, 1.807) is 0 Å². The number of esters is 1. The Balaban J connectivity index is 3.47. The molecular formula is C22H42O2. The fourth-order valence-corrected chi connectivity index (χ4v) is 2.84. The summed E-state index contributed by atoms with van der Waals surface area (Å²) in [6.45, 7) is 6.95. The van der Waals surface area contributed by atoms with Crippen molar-refractivity contribution in [3.8, 4) is 0 Å². The smallest absolute Gasteiger partial charge is 0.333 e. The molecule has 0 radical (unpaired) electrons. The molecule has 0 saturated heterocycles. The molecule has 24 heavy (non-hydrogen) atoms. The lowest BCUT2D eigenvalue weighted by Crippen LogP contribution is -2.07. The zero-order chi connectivity index (χ0) is 17.9. The van der Waals surface area contributed by atoms with E-state index in [0.29, 0.717) is 6.61 Å². The molecule has 0 N–H and O–H groups in total. The van der Waals surface area contributed by atoms with Gasteiger partial charge in [0, 0.05) is 5.57 Å². The molecule has 0 aromatic carbocycles. The highest BCUT2D eigenvalue weighted by Crippen LogP contribution is 2.11. The molecule has 0 aliphatic heterocycles. The number of hydrogen-bond donors (Lipinski definition) is 0. The van der Waals surface area contributed by atoms with Gasteiger partial charge < -0.3 is 4.74 Å². The minimum atomic E-state index is -0.121. The second-order valence-electron chi connectivity index (χ2n) is 7.05. The van der Waals surface area contributed by atoms with Crippen molar-refractivity contribution in [3.63, 3.8) is 0 Å². The van der Waals surface area contributed by atoms with Crippen LogP contribution in [0.15, 0.2) is 11.6 Å². The fourth-order valence-electron chi connectivity index (χ4n) is 2.84. The Bertz CT molecular complexity index is 307. The predicted molar refractivity (Wildman–Crippen MR) is 105 cm³/mol. The van der Waals surface area contributed by atoms with Crippen LogP contribution in [-0.2, 0) is 9.53 Å². The summed E-state index contributed by atoms with van der Waals surface area (Å²) in [4.78, 5) is 11.9. The first-order valence-electron chi connectivity index (χ1n) is 10.6. The normalized spacial score (nSPS) is 11.7. The van der Waals surface area contributed by atoms with Crippen LogP contribution in [0.1, 0.15) is 117 Å². The van der Waals surface area contributed by atoms with Crippen molar-refractivity contribution in [1.82, 2.24) is 0 Å². The Labute approximate surface area is 151 Å². The maximum atomic E-state index is 11.9. The van der Waals surface area contributed by atoms with Crippen LogP contribution in [0.3, 0.4) is 0 Å². The van der Waals surface area contributed by atoms with Crippen LogP contribution < -0.4 is 0 Å². The summed E-state index contributed by atoms with van der Waals surface area (Å²) in [6, 6.07) is 0. The average Bonchev–Trinajstić information content (AvgIpc) is 2.59. The fraction of sp³-hybridized carbons (Fsp3) is 0.864. The summed E-state index contributed by atoms with van der Waals surface area (Å²) in [7, 11) is 0. The number of carbonyl (C=O) groups excluding carboxylic acids is 1. The van der Waals surface area contributed by atoms with Gasteiger partial charge in [-0.1, -0.05) is 97.0 Å². The van der Waals surface area contributed by atoms with E-state index in [-0.39, 0.29) is 5.97 Å². The van der Waals surface area contributed by atoms with Gasteiger partial charge in [-0.25, -0.2) is 4.79 Å². The SMILES string of the molecule is CCCCCCCCC/C=C(\C)C(=O)OCCCCCCCCC. The van der Waals surface area contributed by atoms with Gasteiger partial charge >= 0.3 is 5.97 Å². The van der Waals surface area contributed by atoms with Crippen LogP contribution in [0.2, 0.25) is 0 Å². The standard InChI is InChI=1S/C22H42O2/c1-4-6-8-10-12-13-15-17-19-21(3)22(23)24-20-18-16-14-11-9-7-5-2/h19H,4-18,20H2,1-3H3/b21-19+. The van der Waals surface area contributed by atoms with Gasteiger partial charge in [-0.15, -0.1) is 0 Å². The molecule has 0 aromatic heterocycles. The molecule has 0 aliphatic carbocycles. The van der Waals surface area contributed by atoms with Gasteiger partial charge in [0.15, 0.2) is 0 Å². The van der Waals surface area contributed by atoms with Crippen LogP contribution in [0.5, 0.6) is 0 Å². The summed E-state index contributed by atoms with van der Waals surface area (Å²) < 4.78 is 5.35. The first kappa shape index (κ1) is 23.2. The largest absolute Gasteiger partial charge is 0.462 e. The van der Waals surface area contributed by atoms with E-state index in [1.165, 1.54) is 83.5 Å².